The fourth-order valence-electron chi connectivity index (χ4n) is 1.47. The minimum atomic E-state index is -0.412. The highest BCUT2D eigenvalue weighted by atomic mass is 19.1. The number of cyclic esters (lactones) is 1. The number of rotatable bonds is 1. The topological polar surface area (TPSA) is 38.3 Å². The maximum atomic E-state index is 12.6. The maximum absolute atomic E-state index is 12.6. The first kappa shape index (κ1) is 8.99. The first-order chi connectivity index (χ1) is 6.75. The zero-order valence-electron chi connectivity index (χ0n) is 7.50. The average molecular weight is 195 g/mol. The Balaban J connectivity index is 2.14. The zero-order valence-corrected chi connectivity index (χ0v) is 7.50. The van der Waals surface area contributed by atoms with Crippen LogP contribution in [0.25, 0.3) is 0 Å². The number of hydrogen-bond acceptors (Lipinski definition) is 2. The molecule has 0 aliphatic carbocycles. The summed E-state index contributed by atoms with van der Waals surface area (Å²) in [5.41, 5.74) is 0.906. The van der Waals surface area contributed by atoms with E-state index in [1.165, 1.54) is 12.1 Å². The molecule has 1 aromatic carbocycles. The Hall–Kier alpha value is -1.58. The largest absolute Gasteiger partial charge is 0.449 e. The van der Waals surface area contributed by atoms with Gasteiger partial charge in [-0.05, 0) is 17.7 Å². The van der Waals surface area contributed by atoms with Crippen LogP contribution in [0.2, 0.25) is 0 Å². The van der Waals surface area contributed by atoms with Crippen molar-refractivity contribution in [2.75, 3.05) is 6.61 Å². The lowest BCUT2D eigenvalue weighted by molar-refractivity contribution is 0.115. The van der Waals surface area contributed by atoms with E-state index in [1.54, 1.807) is 12.1 Å². The smallest absolute Gasteiger partial charge is 0.407 e. The third-order valence-corrected chi connectivity index (χ3v) is 2.20. The molecule has 1 fully saturated rings. The minimum Gasteiger partial charge on any atom is -0.449 e. The molecule has 0 bridgehead atoms. The average Bonchev–Trinajstić information content (AvgIpc) is 2.19. The molecule has 3 nitrogen and oxygen atoms in total. The molecule has 2 rings (SSSR count). The predicted molar refractivity (Wildman–Crippen MR) is 48.2 cm³/mol. The first-order valence-electron chi connectivity index (χ1n) is 4.44. The Labute approximate surface area is 80.9 Å². The lowest BCUT2D eigenvalue weighted by Gasteiger charge is -2.23. The van der Waals surface area contributed by atoms with Crippen molar-refractivity contribution in [3.63, 3.8) is 0 Å². The number of ether oxygens (including phenoxy) is 1. The standard InChI is InChI=1S/C10H10FNO2/c11-8-3-1-7(2-4-8)9-5-6-14-10(13)12-9/h1-4,9H,5-6H2,(H,12,13)/t9-/m0/s1. The van der Waals surface area contributed by atoms with Crippen LogP contribution in [0.5, 0.6) is 0 Å². The van der Waals surface area contributed by atoms with Crippen LogP contribution in [-0.2, 0) is 4.74 Å². The number of benzene rings is 1. The number of carbonyl (C=O) groups excluding carboxylic acids is 1. The number of nitrogens with one attached hydrogen (secondary N) is 1. The number of halogens is 1. The van der Waals surface area contributed by atoms with Gasteiger partial charge in [-0.15, -0.1) is 0 Å². The van der Waals surface area contributed by atoms with Crippen molar-refractivity contribution < 1.29 is 13.9 Å². The van der Waals surface area contributed by atoms with Gasteiger partial charge in [0, 0.05) is 6.42 Å². The van der Waals surface area contributed by atoms with E-state index in [0.717, 1.165) is 12.0 Å². The molecule has 4 heteroatoms. The summed E-state index contributed by atoms with van der Waals surface area (Å²) in [5, 5.41) is 2.67. The minimum absolute atomic E-state index is 0.0585. The van der Waals surface area contributed by atoms with Crippen LogP contribution in [0.1, 0.15) is 18.0 Å². The molecule has 1 heterocycles. The third kappa shape index (κ3) is 1.84. The van der Waals surface area contributed by atoms with E-state index in [1.807, 2.05) is 0 Å². The SMILES string of the molecule is O=C1N[C@H](c2ccc(F)cc2)CCO1. The van der Waals surface area contributed by atoms with Gasteiger partial charge in [-0.2, -0.15) is 0 Å². The second-order valence-electron chi connectivity index (χ2n) is 3.17. The summed E-state index contributed by atoms with van der Waals surface area (Å²) >= 11 is 0. The van der Waals surface area contributed by atoms with Gasteiger partial charge in [0.1, 0.15) is 5.82 Å². The number of amides is 1. The van der Waals surface area contributed by atoms with Crippen LogP contribution in [0.15, 0.2) is 24.3 Å². The van der Waals surface area contributed by atoms with Crippen molar-refractivity contribution >= 4 is 6.09 Å². The molecule has 0 aromatic heterocycles. The van der Waals surface area contributed by atoms with Crippen molar-refractivity contribution in [3.8, 4) is 0 Å². The van der Waals surface area contributed by atoms with Gasteiger partial charge in [-0.25, -0.2) is 9.18 Å². The molecule has 0 unspecified atom stereocenters. The summed E-state index contributed by atoms with van der Waals surface area (Å²) in [4.78, 5) is 10.9. The van der Waals surface area contributed by atoms with E-state index in [4.69, 9.17) is 4.74 Å². The highest BCUT2D eigenvalue weighted by Gasteiger charge is 2.20. The zero-order chi connectivity index (χ0) is 9.97. The van der Waals surface area contributed by atoms with E-state index >= 15 is 0 Å². The van der Waals surface area contributed by atoms with Crippen LogP contribution >= 0.6 is 0 Å². The van der Waals surface area contributed by atoms with Gasteiger partial charge in [-0.1, -0.05) is 12.1 Å². The van der Waals surface area contributed by atoms with Crippen molar-refractivity contribution in [1.82, 2.24) is 5.32 Å². The Bertz CT molecular complexity index is 336. The molecule has 1 N–H and O–H groups in total. The molecule has 0 saturated carbocycles. The molecule has 1 amide bonds. The molecule has 1 aliphatic heterocycles. The fraction of sp³-hybridized carbons (Fsp3) is 0.300. The molecule has 74 valence electrons. The number of carbonyl (C=O) groups is 1. The van der Waals surface area contributed by atoms with Crippen LogP contribution in [0, 0.1) is 5.82 Å². The molecule has 0 radical (unpaired) electrons. The lowest BCUT2D eigenvalue weighted by atomic mass is 10.0. The number of hydrogen-bond donors (Lipinski definition) is 1. The van der Waals surface area contributed by atoms with Gasteiger partial charge >= 0.3 is 6.09 Å². The summed E-state index contributed by atoms with van der Waals surface area (Å²) in [6.07, 6.45) is 0.308. The monoisotopic (exact) mass is 195 g/mol. The van der Waals surface area contributed by atoms with Crippen LogP contribution in [0.4, 0.5) is 9.18 Å². The summed E-state index contributed by atoms with van der Waals surface area (Å²) in [6, 6.07) is 6.06. The second kappa shape index (κ2) is 3.65. The van der Waals surface area contributed by atoms with E-state index in [2.05, 4.69) is 5.32 Å². The van der Waals surface area contributed by atoms with Crippen molar-refractivity contribution in [1.29, 1.82) is 0 Å². The Kier molecular flexibility index (Phi) is 2.35. The highest BCUT2D eigenvalue weighted by molar-refractivity contribution is 5.68. The van der Waals surface area contributed by atoms with Crippen molar-refractivity contribution in [2.45, 2.75) is 12.5 Å². The van der Waals surface area contributed by atoms with E-state index < -0.39 is 6.09 Å². The highest BCUT2D eigenvalue weighted by Crippen LogP contribution is 2.19. The van der Waals surface area contributed by atoms with Gasteiger partial charge in [-0.3, -0.25) is 0 Å². The molecule has 1 aromatic rings. The maximum Gasteiger partial charge on any atom is 0.407 e. The van der Waals surface area contributed by atoms with Crippen LogP contribution in [-0.4, -0.2) is 12.7 Å². The van der Waals surface area contributed by atoms with Gasteiger partial charge < -0.3 is 10.1 Å². The molecule has 1 atom stereocenters. The van der Waals surface area contributed by atoms with Crippen LogP contribution in [0.3, 0.4) is 0 Å². The molecule has 14 heavy (non-hydrogen) atoms. The Morgan fingerprint density at radius 1 is 1.36 bits per heavy atom. The Morgan fingerprint density at radius 3 is 2.71 bits per heavy atom. The summed E-state index contributed by atoms with van der Waals surface area (Å²) in [6.45, 7) is 0.411. The van der Waals surface area contributed by atoms with E-state index in [-0.39, 0.29) is 11.9 Å². The summed E-state index contributed by atoms with van der Waals surface area (Å²) in [7, 11) is 0. The van der Waals surface area contributed by atoms with Gasteiger partial charge in [0.2, 0.25) is 0 Å². The Morgan fingerprint density at radius 2 is 2.07 bits per heavy atom. The molecule has 1 aliphatic rings. The van der Waals surface area contributed by atoms with Crippen LogP contribution < -0.4 is 5.32 Å². The summed E-state index contributed by atoms with van der Waals surface area (Å²) < 4.78 is 17.3. The van der Waals surface area contributed by atoms with Gasteiger partial charge in [0.25, 0.3) is 0 Å². The molecular formula is C10H10FNO2. The van der Waals surface area contributed by atoms with E-state index in [9.17, 15) is 9.18 Å². The normalized spacial score (nSPS) is 21.2. The predicted octanol–water partition coefficient (Wildman–Crippen LogP) is 2.00. The lowest BCUT2D eigenvalue weighted by Crippen LogP contribution is -2.35. The fourth-order valence-corrected chi connectivity index (χ4v) is 1.47. The summed E-state index contributed by atoms with van der Waals surface area (Å²) in [5.74, 6) is -0.271. The second-order valence-corrected chi connectivity index (χ2v) is 3.17. The van der Waals surface area contributed by atoms with Gasteiger partial charge in [0.15, 0.2) is 0 Å². The van der Waals surface area contributed by atoms with Gasteiger partial charge in [0.05, 0.1) is 12.6 Å². The quantitative estimate of drug-likeness (QED) is 0.744. The molecular weight excluding hydrogens is 185 g/mol. The first-order valence-corrected chi connectivity index (χ1v) is 4.44. The number of alkyl carbamates (subject to hydrolysis) is 1. The third-order valence-electron chi connectivity index (χ3n) is 2.20. The van der Waals surface area contributed by atoms with E-state index in [0.29, 0.717) is 6.61 Å². The molecule has 0 spiro atoms. The van der Waals surface area contributed by atoms with Crippen molar-refractivity contribution in [2.24, 2.45) is 0 Å². The van der Waals surface area contributed by atoms with Crippen molar-refractivity contribution in [3.05, 3.63) is 35.6 Å². The molecule has 1 saturated heterocycles.